The Hall–Kier alpha value is -1.86. The Morgan fingerprint density at radius 3 is 2.11 bits per heavy atom. The second-order valence-electron chi connectivity index (χ2n) is 7.29. The molecule has 0 spiro atoms. The SMILES string of the molecule is CCCCOc1ccc(PC(=O)c2c(C)cc(C)cc2C)c(OCCCC)c1. The maximum atomic E-state index is 13.1. The summed E-state index contributed by atoms with van der Waals surface area (Å²) in [6.07, 6.45) is 4.20. The second kappa shape index (κ2) is 11.2. The van der Waals surface area contributed by atoms with Gasteiger partial charge in [-0.2, -0.15) is 0 Å². The van der Waals surface area contributed by atoms with E-state index in [0.717, 1.165) is 59.2 Å². The number of rotatable bonds is 11. The Labute approximate surface area is 171 Å². The quantitative estimate of drug-likeness (QED) is 0.337. The summed E-state index contributed by atoms with van der Waals surface area (Å²) in [5, 5.41) is 0.948. The third kappa shape index (κ3) is 6.34. The Bertz CT molecular complexity index is 775. The molecule has 0 saturated carbocycles. The van der Waals surface area contributed by atoms with E-state index in [2.05, 4.69) is 32.9 Å². The van der Waals surface area contributed by atoms with E-state index >= 15 is 0 Å². The molecule has 0 aliphatic rings. The van der Waals surface area contributed by atoms with Gasteiger partial charge in [0.05, 0.1) is 13.2 Å². The molecule has 0 bridgehead atoms. The van der Waals surface area contributed by atoms with Crippen molar-refractivity contribution in [3.05, 3.63) is 52.6 Å². The number of benzene rings is 2. The van der Waals surface area contributed by atoms with Crippen LogP contribution >= 0.6 is 8.58 Å². The van der Waals surface area contributed by atoms with Crippen molar-refractivity contribution in [2.45, 2.75) is 60.3 Å². The summed E-state index contributed by atoms with van der Waals surface area (Å²) in [5.41, 5.74) is 4.28. The third-order valence-corrected chi connectivity index (χ3v) is 5.79. The Balaban J connectivity index is 2.23. The molecule has 2 aromatic rings. The Morgan fingerprint density at radius 1 is 0.893 bits per heavy atom. The van der Waals surface area contributed by atoms with E-state index < -0.39 is 0 Å². The van der Waals surface area contributed by atoms with Gasteiger partial charge in [-0.05, 0) is 65.5 Å². The van der Waals surface area contributed by atoms with Gasteiger partial charge in [0, 0.05) is 16.9 Å². The van der Waals surface area contributed by atoms with Gasteiger partial charge < -0.3 is 9.47 Å². The minimum Gasteiger partial charge on any atom is -0.493 e. The van der Waals surface area contributed by atoms with Crippen molar-refractivity contribution in [1.82, 2.24) is 0 Å². The lowest BCUT2D eigenvalue weighted by molar-refractivity contribution is 0.108. The van der Waals surface area contributed by atoms with Gasteiger partial charge in [-0.25, -0.2) is 0 Å². The zero-order chi connectivity index (χ0) is 20.5. The number of hydrogen-bond acceptors (Lipinski definition) is 3. The zero-order valence-electron chi connectivity index (χ0n) is 17.9. The van der Waals surface area contributed by atoms with Crippen molar-refractivity contribution in [2.24, 2.45) is 0 Å². The molecule has 0 saturated heterocycles. The van der Waals surface area contributed by atoms with Gasteiger partial charge in [0.2, 0.25) is 0 Å². The highest BCUT2D eigenvalue weighted by Crippen LogP contribution is 2.30. The standard InChI is InChI=1S/C24H33O3P/c1-6-8-12-26-20-10-11-22(21(16-20)27-13-9-7-2)28-24(25)23-18(4)14-17(3)15-19(23)5/h10-11,14-16,28H,6-9,12-13H2,1-5H3. The summed E-state index contributed by atoms with van der Waals surface area (Å²) in [5.74, 6) is 1.58. The van der Waals surface area contributed by atoms with Crippen molar-refractivity contribution in [1.29, 1.82) is 0 Å². The molecule has 0 amide bonds. The first-order valence-electron chi connectivity index (χ1n) is 10.2. The third-order valence-electron chi connectivity index (χ3n) is 4.63. The van der Waals surface area contributed by atoms with Gasteiger partial charge in [0.25, 0.3) is 0 Å². The zero-order valence-corrected chi connectivity index (χ0v) is 18.9. The summed E-state index contributed by atoms with van der Waals surface area (Å²) in [7, 11) is 0.0353. The molecule has 0 fully saturated rings. The van der Waals surface area contributed by atoms with Gasteiger partial charge in [-0.1, -0.05) is 44.4 Å². The van der Waals surface area contributed by atoms with Gasteiger partial charge in [-0.3, -0.25) is 4.79 Å². The highest BCUT2D eigenvalue weighted by molar-refractivity contribution is 7.66. The summed E-state index contributed by atoms with van der Waals surface area (Å²) in [4.78, 5) is 13.1. The topological polar surface area (TPSA) is 35.5 Å². The van der Waals surface area contributed by atoms with Crippen LogP contribution in [0.25, 0.3) is 0 Å². The van der Waals surface area contributed by atoms with Crippen LogP contribution in [0.1, 0.15) is 66.6 Å². The first-order chi connectivity index (χ1) is 13.5. The van der Waals surface area contributed by atoms with Gasteiger partial charge in [-0.15, -0.1) is 0 Å². The maximum absolute atomic E-state index is 13.1. The molecule has 0 radical (unpaired) electrons. The fourth-order valence-corrected chi connectivity index (χ4v) is 4.40. The van der Waals surface area contributed by atoms with Gasteiger partial charge >= 0.3 is 0 Å². The molecule has 2 rings (SSSR count). The number of unbranched alkanes of at least 4 members (excludes halogenated alkanes) is 2. The van der Waals surface area contributed by atoms with Crippen LogP contribution in [0.2, 0.25) is 0 Å². The number of carbonyl (C=O) groups is 1. The Morgan fingerprint density at radius 2 is 1.50 bits per heavy atom. The first-order valence-corrected chi connectivity index (χ1v) is 11.2. The van der Waals surface area contributed by atoms with E-state index in [-0.39, 0.29) is 14.1 Å². The summed E-state index contributed by atoms with van der Waals surface area (Å²) in [6, 6.07) is 10.0. The summed E-state index contributed by atoms with van der Waals surface area (Å²) < 4.78 is 11.8. The second-order valence-corrected chi connectivity index (χ2v) is 8.53. The smallest absolute Gasteiger partial charge is 0.186 e. The molecular weight excluding hydrogens is 367 g/mol. The molecule has 4 heteroatoms. The lowest BCUT2D eigenvalue weighted by Gasteiger charge is -2.15. The molecule has 0 heterocycles. The largest absolute Gasteiger partial charge is 0.493 e. The molecule has 0 aromatic heterocycles. The van der Waals surface area contributed by atoms with Crippen LogP contribution in [0.4, 0.5) is 0 Å². The summed E-state index contributed by atoms with van der Waals surface area (Å²) >= 11 is 0. The average Bonchev–Trinajstić information content (AvgIpc) is 2.63. The van der Waals surface area contributed by atoms with Crippen molar-refractivity contribution in [3.8, 4) is 11.5 Å². The van der Waals surface area contributed by atoms with E-state index in [1.54, 1.807) is 0 Å². The van der Waals surface area contributed by atoms with Crippen molar-refractivity contribution in [2.75, 3.05) is 13.2 Å². The molecule has 3 nitrogen and oxygen atoms in total. The van der Waals surface area contributed by atoms with Crippen LogP contribution in [-0.4, -0.2) is 18.7 Å². The number of aryl methyl sites for hydroxylation is 3. The van der Waals surface area contributed by atoms with Crippen LogP contribution < -0.4 is 14.8 Å². The number of carbonyl (C=O) groups excluding carboxylic acids is 1. The van der Waals surface area contributed by atoms with Crippen molar-refractivity contribution in [3.63, 3.8) is 0 Å². The molecule has 1 atom stereocenters. The normalized spacial score (nSPS) is 11.2. The van der Waals surface area contributed by atoms with E-state index in [9.17, 15) is 4.79 Å². The monoisotopic (exact) mass is 400 g/mol. The van der Waals surface area contributed by atoms with Crippen molar-refractivity contribution < 1.29 is 14.3 Å². The van der Waals surface area contributed by atoms with E-state index in [1.807, 2.05) is 32.0 Å². The average molecular weight is 400 g/mol. The van der Waals surface area contributed by atoms with E-state index in [0.29, 0.717) is 13.2 Å². The minimum atomic E-state index is 0.0353. The number of ether oxygens (including phenoxy) is 2. The molecule has 2 aromatic carbocycles. The molecule has 1 unspecified atom stereocenters. The van der Waals surface area contributed by atoms with Crippen molar-refractivity contribution >= 4 is 19.4 Å². The van der Waals surface area contributed by atoms with Gasteiger partial charge in [0.15, 0.2) is 5.52 Å². The van der Waals surface area contributed by atoms with Crippen LogP contribution in [0, 0.1) is 20.8 Å². The molecule has 0 aliphatic carbocycles. The lowest BCUT2D eigenvalue weighted by Crippen LogP contribution is -2.10. The molecule has 0 N–H and O–H groups in total. The maximum Gasteiger partial charge on any atom is 0.186 e. The predicted octanol–water partition coefficient (Wildman–Crippen LogP) is 6.11. The minimum absolute atomic E-state index is 0.0353. The van der Waals surface area contributed by atoms with Crippen LogP contribution in [0.5, 0.6) is 11.5 Å². The molecule has 152 valence electrons. The fourth-order valence-electron chi connectivity index (χ4n) is 3.20. The molecular formula is C24H33O3P. The fraction of sp³-hybridized carbons (Fsp3) is 0.458. The van der Waals surface area contributed by atoms with Crippen LogP contribution in [0.3, 0.4) is 0 Å². The lowest BCUT2D eigenvalue weighted by atomic mass is 10.0. The van der Waals surface area contributed by atoms with Crippen LogP contribution in [0.15, 0.2) is 30.3 Å². The van der Waals surface area contributed by atoms with Gasteiger partial charge in [0.1, 0.15) is 11.5 Å². The summed E-state index contributed by atoms with van der Waals surface area (Å²) in [6.45, 7) is 11.7. The van der Waals surface area contributed by atoms with E-state index in [1.165, 1.54) is 5.56 Å². The Kier molecular flexibility index (Phi) is 8.99. The number of hydrogen-bond donors (Lipinski definition) is 0. The highest BCUT2D eigenvalue weighted by atomic mass is 31.1. The predicted molar refractivity (Wildman–Crippen MR) is 120 cm³/mol. The molecule has 28 heavy (non-hydrogen) atoms. The van der Waals surface area contributed by atoms with E-state index in [4.69, 9.17) is 9.47 Å². The van der Waals surface area contributed by atoms with Crippen LogP contribution in [-0.2, 0) is 0 Å². The first kappa shape index (κ1) is 22.4. The highest BCUT2D eigenvalue weighted by Gasteiger charge is 2.16. The molecule has 0 aliphatic heterocycles.